The van der Waals surface area contributed by atoms with Crippen molar-refractivity contribution in [2.75, 3.05) is 14.7 Å². The average Bonchev–Trinajstić information content (AvgIpc) is 1.51. The predicted octanol–water partition coefficient (Wildman–Crippen LogP) is 37.1. The fourth-order valence-electron chi connectivity index (χ4n) is 21.1. The van der Waals surface area contributed by atoms with Gasteiger partial charge in [0.25, 0.3) is 0 Å². The Bertz CT molecular complexity index is 9290. The highest BCUT2D eigenvalue weighted by Gasteiger charge is 2.32. The van der Waals surface area contributed by atoms with E-state index >= 15 is 0 Å². The van der Waals surface area contributed by atoms with E-state index in [4.69, 9.17) is 26.5 Å². The molecule has 0 bridgehead atoms. The smallest absolute Gasteiger partial charge is 0.160 e. The molecule has 632 valence electrons. The maximum absolute atomic E-state index is 7.16. The van der Waals surface area contributed by atoms with E-state index < -0.39 is 0 Å². The molecule has 0 atom stereocenters. The molecule has 29 aromatic rings. The molecule has 0 aliphatic heterocycles. The van der Waals surface area contributed by atoms with E-state index in [1.165, 1.54) is 32.3 Å². The van der Waals surface area contributed by atoms with Gasteiger partial charge in [0.2, 0.25) is 0 Å². The Morgan fingerprint density at radius 2 is 0.378 bits per heavy atom. The SMILES string of the molecule is c1ccc(-c2cccc3c2oc2c(N(c4ccccc4)c4cc5ccccc5c5c4oc4c(-c6ccccc6)cccc45)cc4ccccc4c23)cc1.c1ccc(N(c2cc3ccccc3c3c2oc2ccccc23)c2cc3ccccc3c3c2oc2ccccc23)cc1.c1ccc(N(c2cccc3c2oc2ccc4ccccc4c23)c2cccc3c2oc2ccc4ccccc4c23)cc1. The third-order valence-electron chi connectivity index (χ3n) is 27.0. The first-order valence-corrected chi connectivity index (χ1v) is 45.7. The van der Waals surface area contributed by atoms with Gasteiger partial charge in [0.15, 0.2) is 33.5 Å². The maximum atomic E-state index is 7.16. The van der Waals surface area contributed by atoms with Crippen LogP contribution in [0, 0.1) is 0 Å². The van der Waals surface area contributed by atoms with E-state index in [1.54, 1.807) is 0 Å². The summed E-state index contributed by atoms with van der Waals surface area (Å²) in [4.78, 5) is 6.90. The molecule has 0 aliphatic carbocycles. The lowest BCUT2D eigenvalue weighted by atomic mass is 9.97. The largest absolute Gasteiger partial charge is 0.454 e. The van der Waals surface area contributed by atoms with E-state index in [2.05, 4.69) is 451 Å². The van der Waals surface area contributed by atoms with Crippen LogP contribution in [0.3, 0.4) is 0 Å². The molecule has 0 aliphatic rings. The third kappa shape index (κ3) is 12.4. The Morgan fingerprint density at radius 3 is 0.726 bits per heavy atom. The van der Waals surface area contributed by atoms with Gasteiger partial charge in [-0.1, -0.05) is 370 Å². The number of benzene rings is 23. The lowest BCUT2D eigenvalue weighted by Crippen LogP contribution is -2.10. The van der Waals surface area contributed by atoms with E-state index in [1.807, 2.05) is 30.3 Å². The molecule has 0 saturated heterocycles. The van der Waals surface area contributed by atoms with Crippen molar-refractivity contribution in [3.63, 3.8) is 0 Å². The predicted molar refractivity (Wildman–Crippen MR) is 563 cm³/mol. The van der Waals surface area contributed by atoms with Gasteiger partial charge >= 0.3 is 0 Å². The Labute approximate surface area is 772 Å². The maximum Gasteiger partial charge on any atom is 0.160 e. The third-order valence-corrected chi connectivity index (χ3v) is 27.0. The number of nitrogens with zero attached hydrogens (tertiary/aromatic N) is 3. The van der Waals surface area contributed by atoms with Gasteiger partial charge in [-0.15, -0.1) is 0 Å². The van der Waals surface area contributed by atoms with Crippen LogP contribution in [0.2, 0.25) is 0 Å². The molecular weight excluding hydrogens is 1650 g/mol. The highest BCUT2D eigenvalue weighted by atomic mass is 16.4. The van der Waals surface area contributed by atoms with Gasteiger partial charge in [-0.05, 0) is 173 Å². The van der Waals surface area contributed by atoms with Crippen molar-refractivity contribution in [2.45, 2.75) is 0 Å². The topological polar surface area (TPSA) is 88.6 Å². The molecule has 0 spiro atoms. The van der Waals surface area contributed by atoms with Crippen LogP contribution < -0.4 is 14.7 Å². The van der Waals surface area contributed by atoms with Gasteiger partial charge in [0.1, 0.15) is 33.5 Å². The molecule has 0 N–H and O–H groups in total. The van der Waals surface area contributed by atoms with Crippen LogP contribution in [0.25, 0.3) is 219 Å². The Balaban J connectivity index is 0.000000104. The van der Waals surface area contributed by atoms with E-state index in [9.17, 15) is 0 Å². The first-order valence-electron chi connectivity index (χ1n) is 45.7. The van der Waals surface area contributed by atoms with Crippen molar-refractivity contribution in [3.05, 3.63) is 467 Å². The van der Waals surface area contributed by atoms with Gasteiger partial charge in [0, 0.05) is 92.8 Å². The molecule has 0 radical (unpaired) electrons. The van der Waals surface area contributed by atoms with E-state index in [-0.39, 0.29) is 0 Å². The molecule has 0 unspecified atom stereocenters. The lowest BCUT2D eigenvalue weighted by Gasteiger charge is -2.26. The van der Waals surface area contributed by atoms with Crippen LogP contribution in [0.15, 0.2) is 494 Å². The molecule has 9 nitrogen and oxygen atoms in total. The molecule has 0 fully saturated rings. The summed E-state index contributed by atoms with van der Waals surface area (Å²) in [5.41, 5.74) is 23.5. The molecular formula is C126H77N3O6. The van der Waals surface area contributed by atoms with Crippen LogP contribution in [0.5, 0.6) is 0 Å². The lowest BCUT2D eigenvalue weighted by molar-refractivity contribution is 0.666. The van der Waals surface area contributed by atoms with Gasteiger partial charge in [-0.2, -0.15) is 0 Å². The Hall–Kier alpha value is -18.2. The average molecular weight is 1730 g/mol. The van der Waals surface area contributed by atoms with Gasteiger partial charge in [0.05, 0.1) is 34.1 Å². The van der Waals surface area contributed by atoms with Crippen LogP contribution in [-0.2, 0) is 0 Å². The normalized spacial score (nSPS) is 11.9. The number of rotatable bonds is 11. The summed E-state index contributed by atoms with van der Waals surface area (Å²) in [6, 6.07) is 164. The summed E-state index contributed by atoms with van der Waals surface area (Å²) < 4.78 is 41.1. The zero-order valence-electron chi connectivity index (χ0n) is 72.7. The van der Waals surface area contributed by atoms with E-state index in [0.717, 1.165) is 237 Å². The summed E-state index contributed by atoms with van der Waals surface area (Å²) >= 11 is 0. The molecule has 6 heterocycles. The highest BCUT2D eigenvalue weighted by molar-refractivity contribution is 6.31. The van der Waals surface area contributed by atoms with Gasteiger partial charge in [-0.3, -0.25) is 0 Å². The van der Waals surface area contributed by atoms with Crippen LogP contribution in [0.4, 0.5) is 51.2 Å². The van der Waals surface area contributed by atoms with Crippen molar-refractivity contribution < 1.29 is 26.5 Å². The standard InChI is InChI=1S/C50H31NO2.2C38H23NO2/c1-4-16-32(17-5-1)39-26-14-28-41-45-37-24-12-10-20-34(37)30-43(49(45)52-47(39)41)51(36-22-8-3-9-23-36)44-31-35-21-11-13-25-38(35)46-42-29-15-27-40(48(42)53-50(44)46)33-18-6-2-7-19-33;1-2-14-26(15-3-1)39(31-22-24-12-4-6-16-27(24)35-29-18-8-10-20-33(29)40-37(31)35)32-23-25-13-5-7-17-28(25)36-30-19-9-11-21-34(30)41-38(32)36;1-2-12-26(13-3-1)39(31-18-8-16-29-35-27-14-6-4-10-24(27)20-22-33(35)40-37(29)31)32-19-9-17-30-36-28-15-7-5-11-25(28)21-23-34(36)41-38(30)32/h1-31H;2*1-23H. The molecule has 135 heavy (non-hydrogen) atoms. The highest BCUT2D eigenvalue weighted by Crippen LogP contribution is 2.56. The fourth-order valence-corrected chi connectivity index (χ4v) is 21.1. The number of anilines is 9. The number of para-hydroxylation sites is 9. The molecule has 0 amide bonds. The quantitative estimate of drug-likeness (QED) is 0.126. The minimum absolute atomic E-state index is 0.827. The zero-order valence-corrected chi connectivity index (χ0v) is 72.7. The minimum Gasteiger partial charge on any atom is -0.454 e. The van der Waals surface area contributed by atoms with Crippen LogP contribution in [0.1, 0.15) is 0 Å². The van der Waals surface area contributed by atoms with Crippen molar-refractivity contribution in [2.24, 2.45) is 0 Å². The monoisotopic (exact) mass is 1730 g/mol. The molecule has 23 aromatic carbocycles. The van der Waals surface area contributed by atoms with Gasteiger partial charge in [-0.25, -0.2) is 0 Å². The molecule has 29 rings (SSSR count). The van der Waals surface area contributed by atoms with Gasteiger partial charge < -0.3 is 41.2 Å². The summed E-state index contributed by atoms with van der Waals surface area (Å²) in [7, 11) is 0. The Kier molecular flexibility index (Phi) is 17.8. The van der Waals surface area contributed by atoms with Crippen molar-refractivity contribution in [1.29, 1.82) is 0 Å². The van der Waals surface area contributed by atoms with Crippen LogP contribution in [-0.4, -0.2) is 0 Å². The number of furan rings is 6. The molecule has 6 aromatic heterocycles. The summed E-state index contributed by atoms with van der Waals surface area (Å²) in [5.74, 6) is 0. The first kappa shape index (κ1) is 76.8. The molecule has 0 saturated carbocycles. The first-order chi connectivity index (χ1) is 67.0. The zero-order chi connectivity index (χ0) is 88.7. The fraction of sp³-hybridized carbons (Fsp3) is 0. The summed E-state index contributed by atoms with van der Waals surface area (Å²) in [6.07, 6.45) is 0. The number of hydrogen-bond acceptors (Lipinski definition) is 9. The molecule has 9 heteroatoms. The minimum atomic E-state index is 0.827. The van der Waals surface area contributed by atoms with Crippen LogP contribution >= 0.6 is 0 Å². The summed E-state index contributed by atoms with van der Waals surface area (Å²) in [5, 5.41) is 27.4. The second-order valence-corrected chi connectivity index (χ2v) is 34.6. The van der Waals surface area contributed by atoms with Crippen molar-refractivity contribution in [1.82, 2.24) is 0 Å². The number of fused-ring (bicyclic) bond motifs is 30. The van der Waals surface area contributed by atoms with Crippen molar-refractivity contribution >= 4 is 247 Å². The summed E-state index contributed by atoms with van der Waals surface area (Å²) in [6.45, 7) is 0. The number of hydrogen-bond donors (Lipinski definition) is 0. The van der Waals surface area contributed by atoms with E-state index in [0.29, 0.717) is 0 Å². The Morgan fingerprint density at radius 1 is 0.133 bits per heavy atom. The second kappa shape index (κ2) is 31.3. The second-order valence-electron chi connectivity index (χ2n) is 34.6. The van der Waals surface area contributed by atoms with Crippen molar-refractivity contribution in [3.8, 4) is 22.3 Å².